The third kappa shape index (κ3) is 6.24. The lowest BCUT2D eigenvalue weighted by molar-refractivity contribution is -0.384. The maximum atomic E-state index is 12.7. The molecule has 0 amide bonds. The van der Waals surface area contributed by atoms with Gasteiger partial charge in [0, 0.05) is 29.6 Å². The molecule has 172 valence electrons. The number of nitro groups is 1. The molecule has 2 aromatic carbocycles. The summed E-state index contributed by atoms with van der Waals surface area (Å²) in [5.74, 6) is 0.104. The maximum Gasteiger partial charge on any atom is 0.321 e. The van der Waals surface area contributed by atoms with Crippen molar-refractivity contribution in [3.05, 3.63) is 64.7 Å². The first kappa shape index (κ1) is 23.6. The topological polar surface area (TPSA) is 158 Å². The number of nitrogens with one attached hydrogen (secondary N) is 3. The first-order valence-corrected chi connectivity index (χ1v) is 11.0. The van der Waals surface area contributed by atoms with Gasteiger partial charge in [-0.15, -0.1) is 0 Å². The molecule has 3 rings (SSSR count). The lowest BCUT2D eigenvalue weighted by Crippen LogP contribution is -2.19. The summed E-state index contributed by atoms with van der Waals surface area (Å²) < 4.78 is 37.7. The Morgan fingerprint density at radius 2 is 1.70 bits per heavy atom. The molecule has 14 heteroatoms. The summed E-state index contributed by atoms with van der Waals surface area (Å²) >= 11 is 5.21. The van der Waals surface area contributed by atoms with Gasteiger partial charge in [-0.3, -0.25) is 14.8 Å². The minimum atomic E-state index is -3.96. The van der Waals surface area contributed by atoms with Gasteiger partial charge in [0.25, 0.3) is 15.7 Å². The normalized spacial score (nSPS) is 10.7. The highest BCUT2D eigenvalue weighted by Crippen LogP contribution is 2.22. The Labute approximate surface area is 194 Å². The number of hydrogen-bond acceptors (Lipinski definition) is 9. The Balaban J connectivity index is 1.68. The molecule has 33 heavy (non-hydrogen) atoms. The highest BCUT2D eigenvalue weighted by atomic mass is 32.2. The zero-order chi connectivity index (χ0) is 24.0. The lowest BCUT2D eigenvalue weighted by Gasteiger charge is -2.12. The van der Waals surface area contributed by atoms with Crippen LogP contribution in [0.2, 0.25) is 0 Å². The quantitative estimate of drug-likeness (QED) is 0.242. The van der Waals surface area contributed by atoms with Crippen molar-refractivity contribution in [3.8, 4) is 11.9 Å². The summed E-state index contributed by atoms with van der Waals surface area (Å²) in [7, 11) is -1.24. The second-order valence-electron chi connectivity index (χ2n) is 6.30. The summed E-state index contributed by atoms with van der Waals surface area (Å²) in [6, 6.07) is 12.9. The van der Waals surface area contributed by atoms with Crippen LogP contribution in [-0.2, 0) is 10.0 Å². The van der Waals surface area contributed by atoms with Gasteiger partial charge in [0.2, 0.25) is 5.88 Å². The number of rotatable bonds is 8. The van der Waals surface area contributed by atoms with Crippen molar-refractivity contribution in [1.82, 2.24) is 9.97 Å². The van der Waals surface area contributed by atoms with Crippen molar-refractivity contribution in [3.63, 3.8) is 0 Å². The van der Waals surface area contributed by atoms with Crippen LogP contribution in [0.5, 0.6) is 11.9 Å². The molecule has 0 aliphatic rings. The smallest absolute Gasteiger partial charge is 0.321 e. The molecule has 0 bridgehead atoms. The molecule has 0 saturated heterocycles. The minimum Gasteiger partial charge on any atom is -0.481 e. The first-order chi connectivity index (χ1) is 15.7. The summed E-state index contributed by atoms with van der Waals surface area (Å²) in [4.78, 5) is 18.2. The Morgan fingerprint density at radius 3 is 2.33 bits per heavy atom. The SMILES string of the molecule is COc1cc(NS(=O)(=O)c2ccc(NC(=S)Nc3cccc([N+](=O)[O-])c3)cc2)nc(OC)n1. The Kier molecular flexibility index (Phi) is 7.20. The van der Waals surface area contributed by atoms with Crippen molar-refractivity contribution < 1.29 is 22.8 Å². The van der Waals surface area contributed by atoms with Gasteiger partial charge in [-0.05, 0) is 42.5 Å². The largest absolute Gasteiger partial charge is 0.481 e. The van der Waals surface area contributed by atoms with Gasteiger partial charge in [-0.2, -0.15) is 9.97 Å². The average molecular weight is 491 g/mol. The zero-order valence-corrected chi connectivity index (χ0v) is 18.9. The van der Waals surface area contributed by atoms with Crippen LogP contribution >= 0.6 is 12.2 Å². The predicted octanol–water partition coefficient (Wildman–Crippen LogP) is 3.01. The number of ether oxygens (including phenoxy) is 2. The van der Waals surface area contributed by atoms with E-state index >= 15 is 0 Å². The second-order valence-corrected chi connectivity index (χ2v) is 8.39. The standard InChI is InChI=1S/C19H18N6O6S2/c1-30-17-11-16(22-18(23-17)31-2)24-33(28,29)15-8-6-12(7-9-15)20-19(32)21-13-4-3-5-14(10-13)25(26)27/h3-11H,1-2H3,(H2,20,21,32)(H,22,23,24). The molecule has 1 heterocycles. The summed E-state index contributed by atoms with van der Waals surface area (Å²) in [5.41, 5.74) is 0.854. The van der Waals surface area contributed by atoms with Crippen LogP contribution in [0.3, 0.4) is 0 Å². The van der Waals surface area contributed by atoms with Gasteiger partial charge in [-0.25, -0.2) is 8.42 Å². The van der Waals surface area contributed by atoms with E-state index in [1.165, 1.54) is 62.8 Å². The average Bonchev–Trinajstić information content (AvgIpc) is 2.78. The number of methoxy groups -OCH3 is 2. The van der Waals surface area contributed by atoms with Crippen molar-refractivity contribution in [1.29, 1.82) is 0 Å². The summed E-state index contributed by atoms with van der Waals surface area (Å²) in [6.45, 7) is 0. The van der Waals surface area contributed by atoms with E-state index in [9.17, 15) is 18.5 Å². The second kappa shape index (κ2) is 10.1. The molecule has 3 N–H and O–H groups in total. The molecule has 0 spiro atoms. The van der Waals surface area contributed by atoms with Crippen molar-refractivity contribution in [2.45, 2.75) is 4.90 Å². The summed E-state index contributed by atoms with van der Waals surface area (Å²) in [5, 5.41) is 16.8. The number of nitro benzene ring substituents is 1. The van der Waals surface area contributed by atoms with E-state index < -0.39 is 14.9 Å². The number of thiocarbonyl (C=S) groups is 1. The van der Waals surface area contributed by atoms with Crippen LogP contribution in [0.1, 0.15) is 0 Å². The van der Waals surface area contributed by atoms with E-state index in [0.29, 0.717) is 11.4 Å². The fraction of sp³-hybridized carbons (Fsp3) is 0.105. The van der Waals surface area contributed by atoms with Crippen molar-refractivity contribution in [2.75, 3.05) is 29.6 Å². The van der Waals surface area contributed by atoms with Crippen molar-refractivity contribution in [2.24, 2.45) is 0 Å². The van der Waals surface area contributed by atoms with E-state index in [0.717, 1.165) is 0 Å². The van der Waals surface area contributed by atoms with Gasteiger partial charge >= 0.3 is 6.01 Å². The van der Waals surface area contributed by atoms with Gasteiger partial charge < -0.3 is 20.1 Å². The first-order valence-electron chi connectivity index (χ1n) is 9.12. The van der Waals surface area contributed by atoms with Crippen LogP contribution < -0.4 is 24.8 Å². The van der Waals surface area contributed by atoms with Crippen LogP contribution in [0, 0.1) is 10.1 Å². The van der Waals surface area contributed by atoms with Crippen LogP contribution in [0.25, 0.3) is 0 Å². The number of sulfonamides is 1. The van der Waals surface area contributed by atoms with Crippen LogP contribution in [0.4, 0.5) is 22.9 Å². The molecule has 3 aromatic rings. The Morgan fingerprint density at radius 1 is 1.00 bits per heavy atom. The maximum absolute atomic E-state index is 12.7. The molecular formula is C19H18N6O6S2. The number of hydrogen-bond donors (Lipinski definition) is 3. The number of non-ortho nitro benzene ring substituents is 1. The minimum absolute atomic E-state index is 0.0248. The Bertz CT molecular complexity index is 1260. The van der Waals surface area contributed by atoms with Gasteiger partial charge in [0.05, 0.1) is 24.0 Å². The third-order valence-corrected chi connectivity index (χ3v) is 5.62. The molecule has 0 unspecified atom stereocenters. The van der Waals surface area contributed by atoms with E-state index in [2.05, 4.69) is 25.3 Å². The van der Waals surface area contributed by atoms with Gasteiger partial charge in [-0.1, -0.05) is 6.07 Å². The predicted molar refractivity (Wildman–Crippen MR) is 125 cm³/mol. The number of nitrogens with zero attached hydrogens (tertiary/aromatic N) is 3. The zero-order valence-electron chi connectivity index (χ0n) is 17.3. The fourth-order valence-corrected chi connectivity index (χ4v) is 3.78. The molecule has 0 saturated carbocycles. The fourth-order valence-electron chi connectivity index (χ4n) is 2.56. The van der Waals surface area contributed by atoms with E-state index in [4.69, 9.17) is 21.7 Å². The summed E-state index contributed by atoms with van der Waals surface area (Å²) in [6.07, 6.45) is 0. The number of anilines is 3. The molecule has 0 radical (unpaired) electrons. The van der Waals surface area contributed by atoms with E-state index in [1.54, 1.807) is 6.07 Å². The molecule has 0 atom stereocenters. The molecule has 0 aliphatic heterocycles. The third-order valence-electron chi connectivity index (χ3n) is 4.05. The van der Waals surface area contributed by atoms with Gasteiger partial charge in [0.1, 0.15) is 0 Å². The number of aromatic nitrogens is 2. The molecule has 0 aliphatic carbocycles. The lowest BCUT2D eigenvalue weighted by atomic mass is 10.3. The number of benzene rings is 2. The van der Waals surface area contributed by atoms with Crippen molar-refractivity contribution >= 4 is 50.2 Å². The van der Waals surface area contributed by atoms with Crippen LogP contribution in [0.15, 0.2) is 59.5 Å². The van der Waals surface area contributed by atoms with Gasteiger partial charge in [0.15, 0.2) is 10.9 Å². The molecule has 0 fully saturated rings. The molecular weight excluding hydrogens is 472 g/mol. The Hall–Kier alpha value is -4.04. The monoisotopic (exact) mass is 490 g/mol. The molecule has 12 nitrogen and oxygen atoms in total. The van der Waals surface area contributed by atoms with E-state index in [1.807, 2.05) is 0 Å². The van der Waals surface area contributed by atoms with E-state index in [-0.39, 0.29) is 33.4 Å². The molecule has 1 aromatic heterocycles. The highest BCUT2D eigenvalue weighted by Gasteiger charge is 2.17. The van der Waals surface area contributed by atoms with Crippen LogP contribution in [-0.4, -0.2) is 42.6 Å². The highest BCUT2D eigenvalue weighted by molar-refractivity contribution is 7.92.